The Morgan fingerprint density at radius 3 is 2.95 bits per heavy atom. The number of fused-ring (bicyclic) bond motifs is 1. The van der Waals surface area contributed by atoms with Gasteiger partial charge in [-0.1, -0.05) is 6.07 Å². The third kappa shape index (κ3) is 3.39. The predicted octanol–water partition coefficient (Wildman–Crippen LogP) is 2.69. The molecule has 0 unspecified atom stereocenters. The van der Waals surface area contributed by atoms with E-state index in [0.29, 0.717) is 6.61 Å². The molecule has 0 amide bonds. The van der Waals surface area contributed by atoms with Crippen LogP contribution in [0.3, 0.4) is 0 Å². The Morgan fingerprint density at radius 2 is 2.14 bits per heavy atom. The molecule has 4 heteroatoms. The Hall–Kier alpha value is -1.65. The number of nitrogens with zero attached hydrogens (tertiary/aromatic N) is 3. The van der Waals surface area contributed by atoms with E-state index in [2.05, 4.69) is 38.8 Å². The highest BCUT2D eigenvalue weighted by Crippen LogP contribution is 2.31. The van der Waals surface area contributed by atoms with Crippen molar-refractivity contribution in [2.75, 3.05) is 13.1 Å². The van der Waals surface area contributed by atoms with Gasteiger partial charge in [0, 0.05) is 50.5 Å². The van der Waals surface area contributed by atoms with Crippen LogP contribution in [0.4, 0.5) is 0 Å². The van der Waals surface area contributed by atoms with Crippen LogP contribution in [-0.4, -0.2) is 33.6 Å². The molecule has 2 aromatic heterocycles. The maximum Gasteiger partial charge on any atom is 0.0885 e. The Morgan fingerprint density at radius 1 is 1.18 bits per heavy atom. The highest BCUT2D eigenvalue weighted by molar-refractivity contribution is 5.09. The number of aromatic nitrogens is 2. The molecule has 22 heavy (non-hydrogen) atoms. The summed E-state index contributed by atoms with van der Waals surface area (Å²) in [6.45, 7) is 4.89. The lowest BCUT2D eigenvalue weighted by Crippen LogP contribution is -2.34. The molecule has 0 saturated heterocycles. The van der Waals surface area contributed by atoms with Crippen LogP contribution in [0.2, 0.25) is 0 Å². The molecule has 0 bridgehead atoms. The molecular weight excluding hydrogens is 274 g/mol. The van der Waals surface area contributed by atoms with Crippen LogP contribution in [-0.2, 0) is 24.4 Å². The first-order chi connectivity index (χ1) is 10.9. The van der Waals surface area contributed by atoms with Gasteiger partial charge in [0.05, 0.1) is 12.7 Å². The van der Waals surface area contributed by atoms with E-state index in [4.69, 9.17) is 4.74 Å². The van der Waals surface area contributed by atoms with Gasteiger partial charge < -0.3 is 9.30 Å². The molecule has 1 aliphatic heterocycles. The average Bonchev–Trinajstić information content (AvgIpc) is 3.28. The van der Waals surface area contributed by atoms with E-state index in [1.165, 1.54) is 25.1 Å². The highest BCUT2D eigenvalue weighted by Gasteiger charge is 2.28. The minimum absolute atomic E-state index is 0.243. The molecule has 2 aliphatic rings. The van der Waals surface area contributed by atoms with Gasteiger partial charge in [0.25, 0.3) is 0 Å². The van der Waals surface area contributed by atoms with Crippen molar-refractivity contribution in [2.45, 2.75) is 38.6 Å². The molecule has 0 radical (unpaired) electrons. The van der Waals surface area contributed by atoms with Crippen molar-refractivity contribution in [2.24, 2.45) is 5.92 Å². The number of ether oxygens (including phenoxy) is 1. The quantitative estimate of drug-likeness (QED) is 0.850. The molecule has 116 valence electrons. The van der Waals surface area contributed by atoms with Crippen molar-refractivity contribution >= 4 is 0 Å². The second-order valence-electron chi connectivity index (χ2n) is 6.58. The Bertz CT molecular complexity index is 606. The number of rotatable bonds is 5. The van der Waals surface area contributed by atoms with E-state index in [0.717, 1.165) is 31.1 Å². The molecule has 0 spiro atoms. The first kappa shape index (κ1) is 14.0. The van der Waals surface area contributed by atoms with Crippen molar-refractivity contribution in [3.05, 3.63) is 54.1 Å². The monoisotopic (exact) mass is 297 g/mol. The van der Waals surface area contributed by atoms with Gasteiger partial charge >= 0.3 is 0 Å². The lowest BCUT2D eigenvalue weighted by atomic mass is 10.2. The zero-order valence-electron chi connectivity index (χ0n) is 12.9. The molecule has 4 rings (SSSR count). The Balaban J connectivity index is 1.43. The molecule has 1 fully saturated rings. The second kappa shape index (κ2) is 6.23. The lowest BCUT2D eigenvalue weighted by Gasteiger charge is -2.24. The van der Waals surface area contributed by atoms with Gasteiger partial charge in [-0.3, -0.25) is 9.88 Å². The van der Waals surface area contributed by atoms with E-state index in [1.807, 2.05) is 12.3 Å². The molecular formula is C18H23N3O. The topological polar surface area (TPSA) is 30.3 Å². The number of hydrogen-bond acceptors (Lipinski definition) is 3. The van der Waals surface area contributed by atoms with E-state index >= 15 is 0 Å². The zero-order valence-corrected chi connectivity index (χ0v) is 12.9. The predicted molar refractivity (Wildman–Crippen MR) is 85.2 cm³/mol. The summed E-state index contributed by atoms with van der Waals surface area (Å²) < 4.78 is 8.55. The molecule has 3 heterocycles. The van der Waals surface area contributed by atoms with Gasteiger partial charge in [-0.05, 0) is 42.5 Å². The van der Waals surface area contributed by atoms with Crippen LogP contribution in [0, 0.1) is 5.92 Å². The van der Waals surface area contributed by atoms with Crippen molar-refractivity contribution in [1.82, 2.24) is 14.5 Å². The fourth-order valence-corrected chi connectivity index (χ4v) is 3.24. The summed E-state index contributed by atoms with van der Waals surface area (Å²) in [5, 5.41) is 0. The lowest BCUT2D eigenvalue weighted by molar-refractivity contribution is 0.00931. The summed E-state index contributed by atoms with van der Waals surface area (Å²) in [6.07, 6.45) is 8.92. The van der Waals surface area contributed by atoms with E-state index in [1.54, 1.807) is 6.20 Å². The summed E-state index contributed by atoms with van der Waals surface area (Å²) in [4.78, 5) is 6.74. The summed E-state index contributed by atoms with van der Waals surface area (Å²) in [7, 11) is 0. The van der Waals surface area contributed by atoms with Crippen LogP contribution in [0.5, 0.6) is 0 Å². The van der Waals surface area contributed by atoms with E-state index in [-0.39, 0.29) is 6.10 Å². The maximum absolute atomic E-state index is 6.20. The number of pyridine rings is 1. The summed E-state index contributed by atoms with van der Waals surface area (Å²) in [6, 6.07) is 8.43. The largest absolute Gasteiger partial charge is 0.370 e. The SMILES string of the molecule is c1cncc(CO[C@@H]2CN(CC3CC3)Cc3cccn3C2)c1. The Kier molecular flexibility index (Phi) is 3.95. The van der Waals surface area contributed by atoms with Crippen molar-refractivity contribution in [3.63, 3.8) is 0 Å². The molecule has 0 aromatic carbocycles. The van der Waals surface area contributed by atoms with Gasteiger partial charge in [0.1, 0.15) is 0 Å². The van der Waals surface area contributed by atoms with Gasteiger partial charge in [-0.15, -0.1) is 0 Å². The number of hydrogen-bond donors (Lipinski definition) is 0. The van der Waals surface area contributed by atoms with Gasteiger partial charge in [-0.2, -0.15) is 0 Å². The van der Waals surface area contributed by atoms with Crippen LogP contribution in [0.1, 0.15) is 24.1 Å². The van der Waals surface area contributed by atoms with Crippen LogP contribution >= 0.6 is 0 Å². The van der Waals surface area contributed by atoms with Crippen molar-refractivity contribution in [3.8, 4) is 0 Å². The van der Waals surface area contributed by atoms with Crippen LogP contribution < -0.4 is 0 Å². The van der Waals surface area contributed by atoms with Crippen molar-refractivity contribution in [1.29, 1.82) is 0 Å². The molecule has 4 nitrogen and oxygen atoms in total. The van der Waals surface area contributed by atoms with Gasteiger partial charge in [0.2, 0.25) is 0 Å². The standard InChI is InChI=1S/C18H23N3O/c1-3-16(9-19-7-1)14-22-18-12-20(10-15-5-6-15)11-17-4-2-8-21(17)13-18/h1-4,7-9,15,18H,5-6,10-14H2/t18-/m1/s1. The highest BCUT2D eigenvalue weighted by atomic mass is 16.5. The minimum atomic E-state index is 0.243. The fourth-order valence-electron chi connectivity index (χ4n) is 3.24. The first-order valence-electron chi connectivity index (χ1n) is 8.24. The Labute approximate surface area is 131 Å². The summed E-state index contributed by atoms with van der Waals surface area (Å²) in [5.74, 6) is 0.917. The van der Waals surface area contributed by atoms with Gasteiger partial charge in [0.15, 0.2) is 0 Å². The zero-order chi connectivity index (χ0) is 14.8. The van der Waals surface area contributed by atoms with Crippen molar-refractivity contribution < 1.29 is 4.74 Å². The maximum atomic E-state index is 6.20. The normalized spacial score (nSPS) is 22.3. The first-order valence-corrected chi connectivity index (χ1v) is 8.24. The van der Waals surface area contributed by atoms with E-state index < -0.39 is 0 Å². The average molecular weight is 297 g/mol. The minimum Gasteiger partial charge on any atom is -0.370 e. The molecule has 1 aliphatic carbocycles. The smallest absolute Gasteiger partial charge is 0.0885 e. The van der Waals surface area contributed by atoms with E-state index in [9.17, 15) is 0 Å². The summed E-state index contributed by atoms with van der Waals surface area (Å²) >= 11 is 0. The third-order valence-electron chi connectivity index (χ3n) is 4.59. The van der Waals surface area contributed by atoms with Gasteiger partial charge in [-0.25, -0.2) is 0 Å². The molecule has 1 atom stereocenters. The van der Waals surface area contributed by atoms with Crippen LogP contribution in [0.15, 0.2) is 42.9 Å². The molecule has 1 saturated carbocycles. The fraction of sp³-hybridized carbons (Fsp3) is 0.500. The molecule has 0 N–H and O–H groups in total. The third-order valence-corrected chi connectivity index (χ3v) is 4.59. The molecule has 2 aromatic rings. The van der Waals surface area contributed by atoms with Crippen LogP contribution in [0.25, 0.3) is 0 Å². The second-order valence-corrected chi connectivity index (χ2v) is 6.58. The summed E-state index contributed by atoms with van der Waals surface area (Å²) in [5.41, 5.74) is 2.56.